The third-order valence-electron chi connectivity index (χ3n) is 4.45. The van der Waals surface area contributed by atoms with Gasteiger partial charge in [0.25, 0.3) is 0 Å². The summed E-state index contributed by atoms with van der Waals surface area (Å²) < 4.78 is 48.3. The Morgan fingerprint density at radius 2 is 0.973 bits per heavy atom. The SMILES string of the molecule is C=C(C)C(=O)OCCOCCOCCOCCOCCOCCOCCOCCOc1ccccc1N. The first-order valence-corrected chi connectivity index (χ1v) is 12.5. The van der Waals surface area contributed by atoms with E-state index in [-0.39, 0.29) is 6.61 Å². The van der Waals surface area contributed by atoms with Crippen molar-refractivity contribution in [1.82, 2.24) is 0 Å². The summed E-state index contributed by atoms with van der Waals surface area (Å²) in [4.78, 5) is 11.2. The minimum absolute atomic E-state index is 0.201. The van der Waals surface area contributed by atoms with Crippen LogP contribution in [0.15, 0.2) is 36.4 Å². The van der Waals surface area contributed by atoms with Gasteiger partial charge in [-0.15, -0.1) is 0 Å². The van der Waals surface area contributed by atoms with E-state index in [1.165, 1.54) is 0 Å². The molecule has 0 fully saturated rings. The summed E-state index contributed by atoms with van der Waals surface area (Å²) in [5.41, 5.74) is 6.79. The molecule has 0 heterocycles. The summed E-state index contributed by atoms with van der Waals surface area (Å²) in [5.74, 6) is 0.253. The highest BCUT2D eigenvalue weighted by Gasteiger charge is 2.02. The van der Waals surface area contributed by atoms with E-state index in [9.17, 15) is 4.79 Å². The molecule has 1 aromatic carbocycles. The van der Waals surface area contributed by atoms with Crippen molar-refractivity contribution in [3.05, 3.63) is 36.4 Å². The number of benzene rings is 1. The van der Waals surface area contributed by atoms with Gasteiger partial charge in [0.05, 0.1) is 98.2 Å². The van der Waals surface area contributed by atoms with Gasteiger partial charge in [-0.3, -0.25) is 0 Å². The summed E-state index contributed by atoms with van der Waals surface area (Å²) >= 11 is 0. The molecule has 0 aliphatic heterocycles. The number of hydrogen-bond acceptors (Lipinski definition) is 11. The highest BCUT2D eigenvalue weighted by atomic mass is 16.6. The number of carbonyl (C=O) groups is 1. The van der Waals surface area contributed by atoms with E-state index in [4.69, 9.17) is 48.4 Å². The van der Waals surface area contributed by atoms with Crippen LogP contribution in [0.3, 0.4) is 0 Å². The predicted molar refractivity (Wildman–Crippen MR) is 138 cm³/mol. The quantitative estimate of drug-likeness (QED) is 0.0818. The van der Waals surface area contributed by atoms with Gasteiger partial charge in [0.15, 0.2) is 0 Å². The Balaban J connectivity index is 1.68. The molecule has 0 radical (unpaired) electrons. The smallest absolute Gasteiger partial charge is 0.333 e. The summed E-state index contributed by atoms with van der Waals surface area (Å²) in [6, 6.07) is 7.36. The van der Waals surface area contributed by atoms with Crippen LogP contribution in [0.1, 0.15) is 6.92 Å². The van der Waals surface area contributed by atoms with Crippen molar-refractivity contribution in [2.75, 3.05) is 111 Å². The van der Waals surface area contributed by atoms with Crippen LogP contribution in [0.25, 0.3) is 0 Å². The molecule has 1 aromatic rings. The third-order valence-corrected chi connectivity index (χ3v) is 4.45. The van der Waals surface area contributed by atoms with Gasteiger partial charge >= 0.3 is 5.97 Å². The second-order valence-corrected chi connectivity index (χ2v) is 7.59. The first kappa shape index (κ1) is 32.8. The molecule has 0 bridgehead atoms. The normalized spacial score (nSPS) is 10.9. The molecule has 0 saturated carbocycles. The van der Waals surface area contributed by atoms with Crippen LogP contribution in [0.5, 0.6) is 5.75 Å². The van der Waals surface area contributed by atoms with E-state index in [1.807, 2.05) is 18.2 Å². The maximum atomic E-state index is 11.2. The maximum absolute atomic E-state index is 11.2. The Labute approximate surface area is 220 Å². The molecule has 11 nitrogen and oxygen atoms in total. The van der Waals surface area contributed by atoms with Crippen LogP contribution >= 0.6 is 0 Å². The van der Waals surface area contributed by atoms with Gasteiger partial charge in [0, 0.05) is 5.57 Å². The number of nitrogens with two attached hydrogens (primary N) is 1. The average Bonchev–Trinajstić information content (AvgIpc) is 2.89. The number of nitrogen functional groups attached to an aromatic ring is 1. The zero-order valence-corrected chi connectivity index (χ0v) is 22.0. The van der Waals surface area contributed by atoms with Crippen molar-refractivity contribution in [2.24, 2.45) is 0 Å². The van der Waals surface area contributed by atoms with E-state index < -0.39 is 5.97 Å². The number of ether oxygens (including phenoxy) is 9. The molecule has 11 heteroatoms. The first-order chi connectivity index (χ1) is 18.1. The van der Waals surface area contributed by atoms with Crippen LogP contribution in [0, 0.1) is 0 Å². The first-order valence-electron chi connectivity index (χ1n) is 12.5. The monoisotopic (exact) mass is 529 g/mol. The third kappa shape index (κ3) is 20.5. The van der Waals surface area contributed by atoms with Crippen LogP contribution in [-0.2, 0) is 42.7 Å². The van der Waals surface area contributed by atoms with Gasteiger partial charge in [0.1, 0.15) is 19.0 Å². The number of carbonyl (C=O) groups excluding carboxylic acids is 1. The molecule has 0 aliphatic carbocycles. The molecule has 212 valence electrons. The molecule has 0 aliphatic rings. The lowest BCUT2D eigenvalue weighted by molar-refractivity contribution is -0.140. The fraction of sp³-hybridized carbons (Fsp3) is 0.654. The van der Waals surface area contributed by atoms with Crippen molar-refractivity contribution >= 4 is 11.7 Å². The van der Waals surface area contributed by atoms with Crippen molar-refractivity contribution in [1.29, 1.82) is 0 Å². The largest absolute Gasteiger partial charge is 0.489 e. The Kier molecular flexibility index (Phi) is 21.4. The van der Waals surface area contributed by atoms with Crippen molar-refractivity contribution < 1.29 is 47.4 Å². The highest BCUT2D eigenvalue weighted by Crippen LogP contribution is 2.19. The Hall–Kier alpha value is -2.25. The maximum Gasteiger partial charge on any atom is 0.333 e. The Morgan fingerprint density at radius 1 is 0.622 bits per heavy atom. The van der Waals surface area contributed by atoms with Crippen molar-refractivity contribution in [3.8, 4) is 5.75 Å². The second kappa shape index (κ2) is 24.1. The lowest BCUT2D eigenvalue weighted by Gasteiger charge is -2.09. The van der Waals surface area contributed by atoms with Crippen LogP contribution in [0.4, 0.5) is 5.69 Å². The minimum atomic E-state index is -0.412. The minimum Gasteiger partial charge on any atom is -0.489 e. The zero-order chi connectivity index (χ0) is 26.8. The zero-order valence-electron chi connectivity index (χ0n) is 22.0. The van der Waals surface area contributed by atoms with Gasteiger partial charge in [-0.05, 0) is 19.1 Å². The standard InChI is InChI=1S/C26H43NO10/c1-23(2)26(28)37-22-20-35-18-16-33-14-12-31-10-8-29-7-9-30-11-13-32-15-17-34-19-21-36-25-6-4-3-5-24(25)27/h3-6H,1,7-22,27H2,2H3. The highest BCUT2D eigenvalue weighted by molar-refractivity contribution is 5.86. The molecule has 0 aromatic heterocycles. The molecule has 0 spiro atoms. The van der Waals surface area contributed by atoms with Crippen molar-refractivity contribution in [3.63, 3.8) is 0 Å². The number of esters is 1. The average molecular weight is 530 g/mol. The lowest BCUT2D eigenvalue weighted by atomic mass is 10.3. The number of rotatable bonds is 26. The van der Waals surface area contributed by atoms with Gasteiger partial charge in [-0.2, -0.15) is 0 Å². The molecular weight excluding hydrogens is 486 g/mol. The molecule has 0 saturated heterocycles. The van der Waals surface area contributed by atoms with Gasteiger partial charge in [-0.1, -0.05) is 18.7 Å². The Morgan fingerprint density at radius 3 is 1.35 bits per heavy atom. The van der Waals surface area contributed by atoms with Gasteiger partial charge in [0.2, 0.25) is 0 Å². The fourth-order valence-corrected chi connectivity index (χ4v) is 2.56. The topological polar surface area (TPSA) is 126 Å². The van der Waals surface area contributed by atoms with Crippen molar-refractivity contribution in [2.45, 2.75) is 6.92 Å². The fourth-order valence-electron chi connectivity index (χ4n) is 2.56. The van der Waals surface area contributed by atoms with Crippen LogP contribution < -0.4 is 10.5 Å². The van der Waals surface area contributed by atoms with E-state index in [1.54, 1.807) is 13.0 Å². The summed E-state index contributed by atoms with van der Waals surface area (Å²) in [6.45, 7) is 12.3. The van der Waals surface area contributed by atoms with E-state index in [2.05, 4.69) is 6.58 Å². The molecule has 0 unspecified atom stereocenters. The molecule has 0 atom stereocenters. The Bertz CT molecular complexity index is 704. The molecule has 37 heavy (non-hydrogen) atoms. The van der Waals surface area contributed by atoms with E-state index >= 15 is 0 Å². The summed E-state index contributed by atoms with van der Waals surface area (Å²) in [7, 11) is 0. The molecule has 0 amide bonds. The number of anilines is 1. The van der Waals surface area contributed by atoms with Crippen LogP contribution in [0.2, 0.25) is 0 Å². The lowest BCUT2D eigenvalue weighted by Crippen LogP contribution is -2.15. The molecule has 2 N–H and O–H groups in total. The predicted octanol–water partition coefficient (Wildman–Crippen LogP) is 1.88. The molecular formula is C26H43NO10. The van der Waals surface area contributed by atoms with E-state index in [0.29, 0.717) is 116 Å². The summed E-state index contributed by atoms with van der Waals surface area (Å²) in [5, 5.41) is 0. The van der Waals surface area contributed by atoms with Crippen LogP contribution in [-0.4, -0.2) is 112 Å². The molecule has 1 rings (SSSR count). The second-order valence-electron chi connectivity index (χ2n) is 7.59. The van der Waals surface area contributed by atoms with Gasteiger partial charge < -0.3 is 48.4 Å². The number of hydrogen-bond donors (Lipinski definition) is 1. The number of para-hydroxylation sites is 2. The van der Waals surface area contributed by atoms with E-state index in [0.717, 1.165) is 0 Å². The summed E-state index contributed by atoms with van der Waals surface area (Å²) in [6.07, 6.45) is 0. The van der Waals surface area contributed by atoms with Gasteiger partial charge in [-0.25, -0.2) is 4.79 Å².